The van der Waals surface area contributed by atoms with Gasteiger partial charge in [0.25, 0.3) is 0 Å². The molecule has 0 N–H and O–H groups in total. The molecule has 2 fully saturated rings. The molecule has 2 saturated heterocycles. The third-order valence-electron chi connectivity index (χ3n) is 2.24. The Balaban J connectivity index is 1.96. The summed E-state index contributed by atoms with van der Waals surface area (Å²) in [6, 6.07) is 0. The molecule has 13 heavy (non-hydrogen) atoms. The Bertz CT molecular complexity index is 201. The zero-order valence-electron chi connectivity index (χ0n) is 6.77. The molecule has 6 heteroatoms. The molecule has 0 bridgehead atoms. The molecule has 0 aromatic carbocycles. The molecule has 2 nitrogen and oxygen atoms in total. The van der Waals surface area contributed by atoms with Gasteiger partial charge in [0.15, 0.2) is 0 Å². The van der Waals surface area contributed by atoms with Crippen molar-refractivity contribution in [3.05, 3.63) is 0 Å². The highest BCUT2D eigenvalue weighted by Gasteiger charge is 2.62. The third kappa shape index (κ3) is 1.65. The van der Waals surface area contributed by atoms with Gasteiger partial charge in [-0.05, 0) is 0 Å². The molecule has 0 aromatic heterocycles. The number of nitrogens with zero attached hydrogens (tertiary/aromatic N) is 1. The third-order valence-corrected chi connectivity index (χ3v) is 2.24. The Labute approximate surface area is 72.5 Å². The molecule has 0 saturated carbocycles. The van der Waals surface area contributed by atoms with Crippen molar-refractivity contribution in [3.8, 4) is 0 Å². The molecule has 1 atom stereocenters. The topological polar surface area (TPSA) is 15.8 Å². The minimum absolute atomic E-state index is 0.121. The number of halogens is 4. The number of hydrogen-bond donors (Lipinski definition) is 0. The Kier molecular flexibility index (Phi) is 1.82. The zero-order chi connectivity index (χ0) is 9.69. The van der Waals surface area contributed by atoms with E-state index in [0.717, 1.165) is 4.90 Å². The quantitative estimate of drug-likeness (QED) is 0.486. The molecule has 2 aliphatic rings. The van der Waals surface area contributed by atoms with Crippen LogP contribution in [0.15, 0.2) is 0 Å². The molecular weight excluding hydrogens is 190 g/mol. The maximum Gasteiger partial charge on any atom is 0.323 e. The zero-order valence-corrected chi connectivity index (χ0v) is 6.77. The maximum absolute atomic E-state index is 12.6. The van der Waals surface area contributed by atoms with E-state index in [1.807, 2.05) is 0 Å². The Morgan fingerprint density at radius 3 is 2.00 bits per heavy atom. The van der Waals surface area contributed by atoms with Crippen molar-refractivity contribution in [3.63, 3.8) is 0 Å². The summed E-state index contributed by atoms with van der Waals surface area (Å²) in [5, 5.41) is 0. The number of epoxide rings is 1. The van der Waals surface area contributed by atoms with E-state index in [4.69, 9.17) is 4.74 Å². The first-order valence-electron chi connectivity index (χ1n) is 4.00. The largest absolute Gasteiger partial charge is 0.372 e. The second-order valence-corrected chi connectivity index (χ2v) is 3.53. The van der Waals surface area contributed by atoms with E-state index < -0.39 is 24.9 Å². The van der Waals surface area contributed by atoms with Crippen LogP contribution < -0.4 is 0 Å². The van der Waals surface area contributed by atoms with Crippen LogP contribution in [0.4, 0.5) is 17.6 Å². The van der Waals surface area contributed by atoms with Crippen LogP contribution in [0, 0.1) is 0 Å². The molecule has 0 amide bonds. The molecule has 0 aliphatic carbocycles. The first-order valence-corrected chi connectivity index (χ1v) is 4.00. The van der Waals surface area contributed by atoms with Crippen LogP contribution >= 0.6 is 0 Å². The van der Waals surface area contributed by atoms with Crippen molar-refractivity contribution < 1.29 is 22.3 Å². The summed E-state index contributed by atoms with van der Waals surface area (Å²) in [7, 11) is 0. The summed E-state index contributed by atoms with van der Waals surface area (Å²) in [5.74, 6) is -7.77. The number of likely N-dealkylation sites (tertiary alicyclic amines) is 1. The van der Waals surface area contributed by atoms with Crippen LogP contribution in [0.25, 0.3) is 0 Å². The van der Waals surface area contributed by atoms with Crippen LogP contribution in [0.3, 0.4) is 0 Å². The summed E-state index contributed by atoms with van der Waals surface area (Å²) in [6.45, 7) is -1.04. The van der Waals surface area contributed by atoms with Crippen molar-refractivity contribution in [1.82, 2.24) is 4.90 Å². The smallest absolute Gasteiger partial charge is 0.323 e. The normalized spacial score (nSPS) is 36.5. The van der Waals surface area contributed by atoms with Gasteiger partial charge in [-0.15, -0.1) is 0 Å². The highest BCUT2D eigenvalue weighted by atomic mass is 19.3. The molecule has 0 spiro atoms. The minimum atomic E-state index is -3.89. The van der Waals surface area contributed by atoms with Crippen LogP contribution in [0.1, 0.15) is 0 Å². The van der Waals surface area contributed by atoms with E-state index in [1.165, 1.54) is 0 Å². The SMILES string of the molecule is FC1(F)CN(C[C@@H]2CO2)CC1(F)F. The number of hydrogen-bond acceptors (Lipinski definition) is 2. The van der Waals surface area contributed by atoms with Gasteiger partial charge in [0.05, 0.1) is 25.8 Å². The van der Waals surface area contributed by atoms with Crippen molar-refractivity contribution in [2.45, 2.75) is 17.9 Å². The van der Waals surface area contributed by atoms with Gasteiger partial charge in [-0.2, -0.15) is 17.6 Å². The lowest BCUT2D eigenvalue weighted by Gasteiger charge is -2.15. The molecule has 0 unspecified atom stereocenters. The van der Waals surface area contributed by atoms with Crippen molar-refractivity contribution >= 4 is 0 Å². The van der Waals surface area contributed by atoms with Gasteiger partial charge in [-0.1, -0.05) is 0 Å². The molecule has 2 heterocycles. The number of ether oxygens (including phenoxy) is 1. The number of rotatable bonds is 2. The van der Waals surface area contributed by atoms with E-state index in [0.29, 0.717) is 6.61 Å². The summed E-state index contributed by atoms with van der Waals surface area (Å²) in [4.78, 5) is 1.05. The molecule has 0 aromatic rings. The summed E-state index contributed by atoms with van der Waals surface area (Å²) < 4.78 is 55.2. The first-order chi connectivity index (χ1) is 5.91. The fourth-order valence-corrected chi connectivity index (χ4v) is 1.44. The van der Waals surface area contributed by atoms with Gasteiger partial charge in [-0.3, -0.25) is 4.90 Å². The van der Waals surface area contributed by atoms with Gasteiger partial charge in [0.1, 0.15) is 0 Å². The van der Waals surface area contributed by atoms with Crippen molar-refractivity contribution in [2.24, 2.45) is 0 Å². The van der Waals surface area contributed by atoms with Gasteiger partial charge >= 0.3 is 11.8 Å². The Morgan fingerprint density at radius 2 is 1.62 bits per heavy atom. The average molecular weight is 199 g/mol. The minimum Gasteiger partial charge on any atom is -0.372 e. The van der Waals surface area contributed by atoms with E-state index in [-0.39, 0.29) is 12.6 Å². The predicted octanol–water partition coefficient (Wildman–Crippen LogP) is 0.971. The predicted molar refractivity (Wildman–Crippen MR) is 36.1 cm³/mol. The molecule has 2 aliphatic heterocycles. The Morgan fingerprint density at radius 1 is 1.15 bits per heavy atom. The first kappa shape index (κ1) is 9.21. The monoisotopic (exact) mass is 199 g/mol. The second kappa shape index (κ2) is 2.57. The molecular formula is C7H9F4NO. The number of alkyl halides is 4. The molecule has 0 radical (unpaired) electrons. The van der Waals surface area contributed by atoms with Crippen LogP contribution in [0.2, 0.25) is 0 Å². The highest BCUT2D eigenvalue weighted by Crippen LogP contribution is 2.41. The van der Waals surface area contributed by atoms with Gasteiger partial charge in [0.2, 0.25) is 0 Å². The highest BCUT2D eigenvalue weighted by molar-refractivity contribution is 4.98. The molecule has 2 rings (SSSR count). The van der Waals surface area contributed by atoms with E-state index in [9.17, 15) is 17.6 Å². The van der Waals surface area contributed by atoms with Crippen molar-refractivity contribution in [1.29, 1.82) is 0 Å². The van der Waals surface area contributed by atoms with E-state index in [1.54, 1.807) is 0 Å². The summed E-state index contributed by atoms with van der Waals surface area (Å²) >= 11 is 0. The van der Waals surface area contributed by atoms with Gasteiger partial charge in [0, 0.05) is 6.54 Å². The lowest BCUT2D eigenvalue weighted by atomic mass is 10.2. The van der Waals surface area contributed by atoms with Crippen molar-refractivity contribution in [2.75, 3.05) is 26.2 Å². The fourth-order valence-electron chi connectivity index (χ4n) is 1.44. The summed E-state index contributed by atoms with van der Waals surface area (Å²) in [5.41, 5.74) is 0. The van der Waals surface area contributed by atoms with Crippen LogP contribution in [0.5, 0.6) is 0 Å². The summed E-state index contributed by atoms with van der Waals surface area (Å²) in [6.07, 6.45) is -0.121. The standard InChI is InChI=1S/C7H9F4NO/c8-6(9)3-12(1-5-2-13-5)4-7(6,10)11/h5H,1-4H2/t5-/m1/s1. The fraction of sp³-hybridized carbons (Fsp3) is 1.00. The lowest BCUT2D eigenvalue weighted by Crippen LogP contribution is -2.38. The lowest BCUT2D eigenvalue weighted by molar-refractivity contribution is -0.172. The van der Waals surface area contributed by atoms with Crippen LogP contribution in [-0.4, -0.2) is 49.1 Å². The second-order valence-electron chi connectivity index (χ2n) is 3.53. The average Bonchev–Trinajstić information content (AvgIpc) is 2.64. The van der Waals surface area contributed by atoms with Gasteiger partial charge in [-0.25, -0.2) is 0 Å². The van der Waals surface area contributed by atoms with Gasteiger partial charge < -0.3 is 4.74 Å². The van der Waals surface area contributed by atoms with Crippen LogP contribution in [-0.2, 0) is 4.74 Å². The molecule has 76 valence electrons. The maximum atomic E-state index is 12.6. The van der Waals surface area contributed by atoms with E-state index in [2.05, 4.69) is 0 Å². The van der Waals surface area contributed by atoms with E-state index >= 15 is 0 Å². The Hall–Kier alpha value is -0.360.